The fraction of sp³-hybridized carbons (Fsp3) is 0.444. The zero-order valence-electron chi connectivity index (χ0n) is 7.34. The summed E-state index contributed by atoms with van der Waals surface area (Å²) >= 11 is 3.28. The molecule has 0 spiro atoms. The molecule has 0 heterocycles. The quantitative estimate of drug-likeness (QED) is 0.551. The predicted octanol–water partition coefficient (Wildman–Crippen LogP) is 2.65. The number of esters is 1. The molecule has 0 aromatic heterocycles. The second-order valence-corrected chi connectivity index (χ2v) is 3.43. The lowest BCUT2D eigenvalue weighted by Crippen LogP contribution is -2.05. The summed E-state index contributed by atoms with van der Waals surface area (Å²) in [6.07, 6.45) is 4.01. The lowest BCUT2D eigenvalue weighted by atomic mass is 10.1. The molecule has 0 saturated carbocycles. The molecule has 3 heteroatoms. The van der Waals surface area contributed by atoms with Crippen LogP contribution in [0.4, 0.5) is 0 Å². The highest BCUT2D eigenvalue weighted by molar-refractivity contribution is 9.11. The molecule has 0 aliphatic carbocycles. The number of hydrogen-bond acceptors (Lipinski definition) is 2. The summed E-state index contributed by atoms with van der Waals surface area (Å²) in [5.41, 5.74) is 0. The van der Waals surface area contributed by atoms with E-state index in [2.05, 4.69) is 27.2 Å². The Morgan fingerprint density at radius 2 is 2.33 bits per heavy atom. The van der Waals surface area contributed by atoms with Crippen molar-refractivity contribution in [2.75, 3.05) is 7.11 Å². The second-order valence-electron chi connectivity index (χ2n) is 2.51. The minimum Gasteiger partial charge on any atom is -0.469 e. The van der Waals surface area contributed by atoms with E-state index >= 15 is 0 Å². The largest absolute Gasteiger partial charge is 0.469 e. The van der Waals surface area contributed by atoms with E-state index in [1.54, 1.807) is 6.08 Å². The maximum absolute atomic E-state index is 10.8. The number of methoxy groups -OCH3 is 1. The van der Waals surface area contributed by atoms with Gasteiger partial charge in [0.2, 0.25) is 0 Å². The van der Waals surface area contributed by atoms with Crippen molar-refractivity contribution in [1.82, 2.24) is 0 Å². The Bertz CT molecular complexity index is 197. The van der Waals surface area contributed by atoms with Crippen LogP contribution in [0.25, 0.3) is 0 Å². The lowest BCUT2D eigenvalue weighted by Gasteiger charge is -2.03. The zero-order valence-corrected chi connectivity index (χ0v) is 8.93. The van der Waals surface area contributed by atoms with Gasteiger partial charge < -0.3 is 4.74 Å². The van der Waals surface area contributed by atoms with Crippen molar-refractivity contribution < 1.29 is 9.53 Å². The maximum atomic E-state index is 10.8. The molecule has 0 unspecified atom stereocenters. The normalized spacial score (nSPS) is 13.8. The first-order valence-electron chi connectivity index (χ1n) is 3.66. The van der Waals surface area contributed by atoms with Gasteiger partial charge in [0.25, 0.3) is 0 Å². The molecule has 12 heavy (non-hydrogen) atoms. The Kier molecular flexibility index (Phi) is 5.72. The van der Waals surface area contributed by atoms with Crippen molar-refractivity contribution in [3.8, 4) is 0 Å². The Morgan fingerprint density at radius 1 is 1.75 bits per heavy atom. The summed E-state index contributed by atoms with van der Waals surface area (Å²) in [7, 11) is 1.39. The van der Waals surface area contributed by atoms with Gasteiger partial charge in [0.1, 0.15) is 0 Å². The van der Waals surface area contributed by atoms with Crippen LogP contribution in [0.2, 0.25) is 0 Å². The van der Waals surface area contributed by atoms with Gasteiger partial charge in [-0.1, -0.05) is 41.6 Å². The minimum absolute atomic E-state index is 0.171. The van der Waals surface area contributed by atoms with E-state index in [0.29, 0.717) is 6.42 Å². The van der Waals surface area contributed by atoms with E-state index in [0.717, 1.165) is 4.48 Å². The van der Waals surface area contributed by atoms with Gasteiger partial charge in [-0.2, -0.15) is 0 Å². The molecule has 0 saturated heterocycles. The molecule has 0 amide bonds. The van der Waals surface area contributed by atoms with Gasteiger partial charge in [0.05, 0.1) is 13.5 Å². The van der Waals surface area contributed by atoms with Crippen molar-refractivity contribution in [3.05, 3.63) is 23.2 Å². The van der Waals surface area contributed by atoms with Crippen LogP contribution in [-0.2, 0) is 9.53 Å². The monoisotopic (exact) mass is 232 g/mol. The van der Waals surface area contributed by atoms with Crippen molar-refractivity contribution in [2.45, 2.75) is 13.3 Å². The molecule has 0 aromatic rings. The van der Waals surface area contributed by atoms with Crippen LogP contribution in [0.5, 0.6) is 0 Å². The van der Waals surface area contributed by atoms with E-state index in [4.69, 9.17) is 0 Å². The van der Waals surface area contributed by atoms with Gasteiger partial charge in [-0.3, -0.25) is 4.79 Å². The van der Waals surface area contributed by atoms with E-state index in [9.17, 15) is 4.79 Å². The smallest absolute Gasteiger partial charge is 0.306 e. The third-order valence-electron chi connectivity index (χ3n) is 1.36. The second kappa shape index (κ2) is 6.00. The van der Waals surface area contributed by atoms with Crippen LogP contribution in [0.1, 0.15) is 13.3 Å². The predicted molar refractivity (Wildman–Crippen MR) is 53.0 cm³/mol. The third kappa shape index (κ3) is 5.13. The van der Waals surface area contributed by atoms with Crippen molar-refractivity contribution >= 4 is 21.9 Å². The number of carbonyl (C=O) groups excluding carboxylic acids is 1. The molecule has 2 nitrogen and oxygen atoms in total. The Labute approximate surface area is 81.4 Å². The van der Waals surface area contributed by atoms with Crippen molar-refractivity contribution in [2.24, 2.45) is 5.92 Å². The maximum Gasteiger partial charge on any atom is 0.306 e. The molecule has 0 aliphatic heterocycles. The molecule has 0 bridgehead atoms. The number of allylic oxidation sites excluding steroid dienone is 3. The molecule has 0 rings (SSSR count). The molecule has 0 fully saturated rings. The van der Waals surface area contributed by atoms with Crippen LogP contribution in [0, 0.1) is 5.92 Å². The van der Waals surface area contributed by atoms with E-state index in [1.165, 1.54) is 7.11 Å². The van der Waals surface area contributed by atoms with Crippen LogP contribution in [0.3, 0.4) is 0 Å². The van der Waals surface area contributed by atoms with Gasteiger partial charge in [-0.25, -0.2) is 0 Å². The highest BCUT2D eigenvalue weighted by atomic mass is 79.9. The first kappa shape index (κ1) is 11.4. The van der Waals surface area contributed by atoms with Gasteiger partial charge in [0.15, 0.2) is 0 Å². The SMILES string of the molecule is C=C/C(Br)=C/[C@H](C)CC(=O)OC. The fourth-order valence-corrected chi connectivity index (χ4v) is 1.20. The van der Waals surface area contributed by atoms with E-state index < -0.39 is 0 Å². The van der Waals surface area contributed by atoms with E-state index in [-0.39, 0.29) is 11.9 Å². The summed E-state index contributed by atoms with van der Waals surface area (Å²) in [5, 5.41) is 0. The van der Waals surface area contributed by atoms with Crippen molar-refractivity contribution in [3.63, 3.8) is 0 Å². The number of halogens is 1. The first-order valence-corrected chi connectivity index (χ1v) is 4.46. The first-order chi connectivity index (χ1) is 5.60. The average molecular weight is 233 g/mol. The molecule has 0 aromatic carbocycles. The minimum atomic E-state index is -0.192. The Hall–Kier alpha value is -0.570. The average Bonchev–Trinajstić information content (AvgIpc) is 2.03. The van der Waals surface area contributed by atoms with Crippen molar-refractivity contribution in [1.29, 1.82) is 0 Å². The fourth-order valence-electron chi connectivity index (χ4n) is 0.745. The zero-order chi connectivity index (χ0) is 9.56. The Morgan fingerprint density at radius 3 is 2.75 bits per heavy atom. The highest BCUT2D eigenvalue weighted by Crippen LogP contribution is 2.13. The molecular weight excluding hydrogens is 220 g/mol. The van der Waals surface area contributed by atoms with Gasteiger partial charge >= 0.3 is 5.97 Å². The summed E-state index contributed by atoms with van der Waals surface area (Å²) in [5.74, 6) is -0.0204. The summed E-state index contributed by atoms with van der Waals surface area (Å²) in [6, 6.07) is 0. The molecule has 0 aliphatic rings. The summed E-state index contributed by atoms with van der Waals surface area (Å²) in [4.78, 5) is 10.8. The van der Waals surface area contributed by atoms with E-state index in [1.807, 2.05) is 13.0 Å². The highest BCUT2D eigenvalue weighted by Gasteiger charge is 2.05. The summed E-state index contributed by atoms with van der Waals surface area (Å²) < 4.78 is 5.43. The van der Waals surface area contributed by atoms with Crippen LogP contribution < -0.4 is 0 Å². The molecule has 68 valence electrons. The number of hydrogen-bond donors (Lipinski definition) is 0. The topological polar surface area (TPSA) is 26.3 Å². The molecule has 1 atom stereocenters. The molecule has 0 radical (unpaired) electrons. The van der Waals surface area contributed by atoms with Gasteiger partial charge in [-0.15, -0.1) is 0 Å². The van der Waals surface area contributed by atoms with Crippen LogP contribution >= 0.6 is 15.9 Å². The number of rotatable bonds is 4. The number of carbonyl (C=O) groups is 1. The van der Waals surface area contributed by atoms with Crippen LogP contribution in [-0.4, -0.2) is 13.1 Å². The lowest BCUT2D eigenvalue weighted by molar-refractivity contribution is -0.141. The Balaban J connectivity index is 3.96. The number of ether oxygens (including phenoxy) is 1. The van der Waals surface area contributed by atoms with Crippen LogP contribution in [0.15, 0.2) is 23.2 Å². The third-order valence-corrected chi connectivity index (χ3v) is 1.94. The standard InChI is InChI=1S/C9H13BrO2/c1-4-8(10)5-7(2)6-9(11)12-3/h4-5,7H,1,6H2,2-3H3/b8-5-/t7-/m0/s1. The van der Waals surface area contributed by atoms with Gasteiger partial charge in [0, 0.05) is 4.48 Å². The molecule has 0 N–H and O–H groups in total. The molecular formula is C9H13BrO2. The summed E-state index contributed by atoms with van der Waals surface area (Å²) in [6.45, 7) is 5.53. The van der Waals surface area contributed by atoms with Gasteiger partial charge in [-0.05, 0) is 5.92 Å².